The van der Waals surface area contributed by atoms with Gasteiger partial charge in [-0.15, -0.1) is 0 Å². The van der Waals surface area contributed by atoms with Gasteiger partial charge < -0.3 is 19.7 Å². The predicted octanol–water partition coefficient (Wildman–Crippen LogP) is 2.16. The Morgan fingerprint density at radius 2 is 1.91 bits per heavy atom. The molecule has 1 fully saturated rings. The van der Waals surface area contributed by atoms with E-state index in [0.717, 1.165) is 11.1 Å². The number of methoxy groups -OCH3 is 2. The Hall–Kier alpha value is -3.72. The Morgan fingerprint density at radius 1 is 1.12 bits per heavy atom. The highest BCUT2D eigenvalue weighted by molar-refractivity contribution is 5.96. The van der Waals surface area contributed by atoms with Crippen LogP contribution in [0.3, 0.4) is 0 Å². The van der Waals surface area contributed by atoms with Crippen LogP contribution < -0.4 is 10.1 Å². The van der Waals surface area contributed by atoms with Crippen LogP contribution in [0.5, 0.6) is 5.75 Å². The van der Waals surface area contributed by atoms with Crippen LogP contribution in [0.1, 0.15) is 27.7 Å². The van der Waals surface area contributed by atoms with Crippen molar-refractivity contribution in [2.75, 3.05) is 33.9 Å². The van der Waals surface area contributed by atoms with Crippen LogP contribution in [0.25, 0.3) is 11.4 Å². The summed E-state index contributed by atoms with van der Waals surface area (Å²) in [4.78, 5) is 32.1. The van der Waals surface area contributed by atoms with Gasteiger partial charge in [-0.05, 0) is 19.1 Å². The summed E-state index contributed by atoms with van der Waals surface area (Å²) in [5.74, 6) is 1.23. The third kappa shape index (κ3) is 4.73. The van der Waals surface area contributed by atoms with Gasteiger partial charge in [0.05, 0.1) is 19.1 Å². The number of benzene rings is 2. The van der Waals surface area contributed by atoms with E-state index in [1.165, 1.54) is 7.11 Å². The van der Waals surface area contributed by atoms with Crippen molar-refractivity contribution in [2.45, 2.75) is 18.9 Å². The summed E-state index contributed by atoms with van der Waals surface area (Å²) in [5.41, 5.74) is 2.23. The fourth-order valence-corrected chi connectivity index (χ4v) is 4.17. The number of aromatic nitrogens is 3. The van der Waals surface area contributed by atoms with Crippen LogP contribution in [0.4, 0.5) is 0 Å². The molecule has 0 radical (unpaired) electrons. The highest BCUT2D eigenvalue weighted by atomic mass is 16.5. The maximum absolute atomic E-state index is 13.4. The lowest BCUT2D eigenvalue weighted by Gasteiger charge is -2.19. The standard InChI is InChI=1S/C24H27N5O4/c1-15-17(10-7-11-20(15)33-3)24(31)29-12-18(19(13-29)25-21(30)14-32-2)23-26-22(27-28-23)16-8-5-4-6-9-16/h4-11,18-19H,12-14H2,1-3H3,(H,25,30)(H,26,27,28)/t18-,19-/m1/s1. The molecule has 4 rings (SSSR count). The molecular formula is C24H27N5O4. The fourth-order valence-electron chi connectivity index (χ4n) is 4.17. The normalized spacial score (nSPS) is 17.7. The molecule has 2 N–H and O–H groups in total. The second-order valence-corrected chi connectivity index (χ2v) is 7.97. The number of likely N-dealkylation sites (tertiary alicyclic amines) is 1. The minimum atomic E-state index is -0.334. The van der Waals surface area contributed by atoms with Crippen LogP contribution >= 0.6 is 0 Å². The molecule has 9 heteroatoms. The fraction of sp³-hybridized carbons (Fsp3) is 0.333. The van der Waals surface area contributed by atoms with Gasteiger partial charge in [-0.3, -0.25) is 14.7 Å². The highest BCUT2D eigenvalue weighted by Crippen LogP contribution is 2.30. The Labute approximate surface area is 192 Å². The largest absolute Gasteiger partial charge is 0.496 e. The monoisotopic (exact) mass is 449 g/mol. The maximum atomic E-state index is 13.4. The number of hydrogen-bond acceptors (Lipinski definition) is 6. The predicted molar refractivity (Wildman–Crippen MR) is 122 cm³/mol. The first-order chi connectivity index (χ1) is 16.0. The molecule has 33 heavy (non-hydrogen) atoms. The summed E-state index contributed by atoms with van der Waals surface area (Å²) in [6.07, 6.45) is 0. The molecule has 1 aliphatic rings. The van der Waals surface area contributed by atoms with E-state index in [9.17, 15) is 9.59 Å². The quantitative estimate of drug-likeness (QED) is 0.572. The first kappa shape index (κ1) is 22.5. The lowest BCUT2D eigenvalue weighted by atomic mass is 10.0. The molecule has 0 saturated carbocycles. The second kappa shape index (κ2) is 9.83. The van der Waals surface area contributed by atoms with Crippen molar-refractivity contribution in [1.82, 2.24) is 25.4 Å². The number of ether oxygens (including phenoxy) is 2. The lowest BCUT2D eigenvalue weighted by molar-refractivity contribution is -0.125. The molecule has 0 aliphatic carbocycles. The number of hydrogen-bond donors (Lipinski definition) is 2. The van der Waals surface area contributed by atoms with E-state index in [1.54, 1.807) is 24.1 Å². The number of amides is 2. The molecule has 1 saturated heterocycles. The molecule has 0 unspecified atom stereocenters. The first-order valence-electron chi connectivity index (χ1n) is 10.7. The van der Waals surface area contributed by atoms with E-state index in [0.29, 0.717) is 36.1 Å². The first-order valence-corrected chi connectivity index (χ1v) is 10.7. The van der Waals surface area contributed by atoms with Crippen molar-refractivity contribution in [3.8, 4) is 17.1 Å². The average Bonchev–Trinajstić information content (AvgIpc) is 3.47. The van der Waals surface area contributed by atoms with E-state index in [4.69, 9.17) is 9.47 Å². The van der Waals surface area contributed by atoms with E-state index < -0.39 is 0 Å². The van der Waals surface area contributed by atoms with E-state index in [-0.39, 0.29) is 30.4 Å². The Balaban J connectivity index is 1.60. The zero-order chi connectivity index (χ0) is 23.4. The molecular weight excluding hydrogens is 422 g/mol. The van der Waals surface area contributed by atoms with Crippen LogP contribution in [0.2, 0.25) is 0 Å². The average molecular weight is 450 g/mol. The van der Waals surface area contributed by atoms with Crippen molar-refractivity contribution < 1.29 is 19.1 Å². The van der Waals surface area contributed by atoms with Crippen molar-refractivity contribution in [2.24, 2.45) is 0 Å². The third-order valence-corrected chi connectivity index (χ3v) is 5.85. The number of rotatable bonds is 7. The van der Waals surface area contributed by atoms with Crippen LogP contribution in [-0.2, 0) is 9.53 Å². The summed E-state index contributed by atoms with van der Waals surface area (Å²) in [7, 11) is 3.05. The Bertz CT molecular complexity index is 1130. The number of carbonyl (C=O) groups excluding carboxylic acids is 2. The maximum Gasteiger partial charge on any atom is 0.254 e. The zero-order valence-corrected chi connectivity index (χ0v) is 18.9. The van der Waals surface area contributed by atoms with Gasteiger partial charge in [-0.2, -0.15) is 5.10 Å². The molecule has 172 valence electrons. The zero-order valence-electron chi connectivity index (χ0n) is 18.9. The molecule has 1 aliphatic heterocycles. The Morgan fingerprint density at radius 3 is 2.64 bits per heavy atom. The van der Waals surface area contributed by atoms with Crippen LogP contribution in [-0.4, -0.2) is 71.9 Å². The van der Waals surface area contributed by atoms with E-state index >= 15 is 0 Å². The minimum absolute atomic E-state index is 0.0577. The highest BCUT2D eigenvalue weighted by Gasteiger charge is 2.39. The van der Waals surface area contributed by atoms with Crippen molar-refractivity contribution >= 4 is 11.8 Å². The molecule has 0 spiro atoms. The van der Waals surface area contributed by atoms with Crippen LogP contribution in [0.15, 0.2) is 48.5 Å². The summed E-state index contributed by atoms with van der Waals surface area (Å²) < 4.78 is 10.3. The topological polar surface area (TPSA) is 109 Å². The van der Waals surface area contributed by atoms with Gasteiger partial charge in [0, 0.05) is 36.9 Å². The number of carbonyl (C=O) groups is 2. The molecule has 9 nitrogen and oxygen atoms in total. The Kier molecular flexibility index (Phi) is 6.69. The smallest absolute Gasteiger partial charge is 0.254 e. The van der Waals surface area contributed by atoms with Gasteiger partial charge >= 0.3 is 0 Å². The van der Waals surface area contributed by atoms with Gasteiger partial charge in [0.1, 0.15) is 18.2 Å². The summed E-state index contributed by atoms with van der Waals surface area (Å²) in [6, 6.07) is 14.7. The van der Waals surface area contributed by atoms with Crippen molar-refractivity contribution in [3.05, 3.63) is 65.5 Å². The molecule has 2 atom stereocenters. The van der Waals surface area contributed by atoms with Gasteiger partial charge in [-0.1, -0.05) is 36.4 Å². The number of H-pyrrole nitrogens is 1. The summed E-state index contributed by atoms with van der Waals surface area (Å²) in [5, 5.41) is 10.3. The SMILES string of the molecule is COCC(=O)N[C@@H]1CN(C(=O)c2cccc(OC)c2C)C[C@H]1c1nc(-c2ccccc2)n[nH]1. The molecule has 2 aromatic carbocycles. The molecule has 2 amide bonds. The van der Waals surface area contributed by atoms with Crippen molar-refractivity contribution in [3.63, 3.8) is 0 Å². The molecule has 2 heterocycles. The minimum Gasteiger partial charge on any atom is -0.496 e. The molecule has 1 aromatic heterocycles. The summed E-state index contributed by atoms with van der Waals surface area (Å²) in [6.45, 7) is 2.53. The van der Waals surface area contributed by atoms with Gasteiger partial charge in [-0.25, -0.2) is 4.98 Å². The van der Waals surface area contributed by atoms with Crippen LogP contribution in [0, 0.1) is 6.92 Å². The van der Waals surface area contributed by atoms with E-state index in [2.05, 4.69) is 20.5 Å². The molecule has 0 bridgehead atoms. The van der Waals surface area contributed by atoms with Crippen molar-refractivity contribution in [1.29, 1.82) is 0 Å². The number of nitrogens with zero attached hydrogens (tertiary/aromatic N) is 3. The molecule has 3 aromatic rings. The van der Waals surface area contributed by atoms with Gasteiger partial charge in [0.25, 0.3) is 5.91 Å². The van der Waals surface area contributed by atoms with Gasteiger partial charge in [0.2, 0.25) is 5.91 Å². The second-order valence-electron chi connectivity index (χ2n) is 7.97. The number of nitrogens with one attached hydrogen (secondary N) is 2. The van der Waals surface area contributed by atoms with Gasteiger partial charge in [0.15, 0.2) is 5.82 Å². The summed E-state index contributed by atoms with van der Waals surface area (Å²) >= 11 is 0. The lowest BCUT2D eigenvalue weighted by Crippen LogP contribution is -2.42. The number of aromatic amines is 1. The van der Waals surface area contributed by atoms with E-state index in [1.807, 2.05) is 43.3 Å². The third-order valence-electron chi connectivity index (χ3n) is 5.85.